The molecule has 0 unspecified atom stereocenters. The number of thiazole rings is 1. The monoisotopic (exact) mass is 306 g/mol. The Kier molecular flexibility index (Phi) is 3.99. The number of nitrogens with zero attached hydrogens (tertiary/aromatic N) is 4. The lowest BCUT2D eigenvalue weighted by atomic mass is 10.1. The Balaban J connectivity index is 1.66. The molecule has 0 aliphatic carbocycles. The molecule has 1 saturated heterocycles. The molecule has 0 aromatic carbocycles. The molecule has 2 aromatic rings. The lowest BCUT2D eigenvalue weighted by Crippen LogP contribution is -2.51. The summed E-state index contributed by atoms with van der Waals surface area (Å²) in [6.45, 7) is 12.4. The maximum Gasteiger partial charge on any atom is 0.185 e. The van der Waals surface area contributed by atoms with Gasteiger partial charge in [-0.15, -0.1) is 11.3 Å². The summed E-state index contributed by atoms with van der Waals surface area (Å²) in [5.41, 5.74) is 3.36. The molecule has 3 rings (SSSR count). The van der Waals surface area contributed by atoms with E-state index in [-0.39, 0.29) is 0 Å². The normalized spacial score (nSPS) is 20.2. The zero-order chi connectivity index (χ0) is 15.0. The van der Waals surface area contributed by atoms with Crippen LogP contribution in [0.15, 0.2) is 9.90 Å². The molecule has 0 N–H and O–H groups in total. The first-order chi connectivity index (χ1) is 10.0. The van der Waals surface area contributed by atoms with Crippen LogP contribution in [0.4, 0.5) is 5.13 Å². The molecule has 0 amide bonds. The van der Waals surface area contributed by atoms with Crippen LogP contribution >= 0.6 is 11.3 Å². The molecule has 0 saturated carbocycles. The fraction of sp³-hybridized carbons (Fsp3) is 0.600. The Morgan fingerprint density at radius 3 is 2.71 bits per heavy atom. The first-order valence-electron chi connectivity index (χ1n) is 7.37. The average Bonchev–Trinajstić information content (AvgIpc) is 3.00. The second kappa shape index (κ2) is 5.77. The quantitative estimate of drug-likeness (QED) is 0.872. The van der Waals surface area contributed by atoms with Crippen molar-refractivity contribution >= 4 is 16.5 Å². The van der Waals surface area contributed by atoms with E-state index in [4.69, 9.17) is 4.52 Å². The van der Waals surface area contributed by atoms with E-state index in [0.717, 1.165) is 48.5 Å². The van der Waals surface area contributed by atoms with Gasteiger partial charge in [-0.1, -0.05) is 5.16 Å². The molecule has 0 radical (unpaired) electrons. The van der Waals surface area contributed by atoms with Crippen molar-refractivity contribution in [2.45, 2.75) is 40.3 Å². The third-order valence-electron chi connectivity index (χ3n) is 4.13. The Hall–Kier alpha value is -1.40. The van der Waals surface area contributed by atoms with Gasteiger partial charge in [-0.05, 0) is 27.7 Å². The van der Waals surface area contributed by atoms with Gasteiger partial charge in [-0.25, -0.2) is 4.98 Å². The van der Waals surface area contributed by atoms with E-state index >= 15 is 0 Å². The van der Waals surface area contributed by atoms with E-state index in [1.165, 1.54) is 5.56 Å². The van der Waals surface area contributed by atoms with Gasteiger partial charge >= 0.3 is 0 Å². The highest BCUT2D eigenvalue weighted by molar-refractivity contribution is 7.13. The standard InChI is InChI=1S/C15H22N4OS/c1-10-9-21-15(16-10)19-6-5-18(7-11(19)2)8-14-12(3)17-20-13(14)4/h9,11H,5-8H2,1-4H3/t11-/m1/s1. The molecular weight excluding hydrogens is 284 g/mol. The third kappa shape index (κ3) is 2.96. The lowest BCUT2D eigenvalue weighted by molar-refractivity contribution is 0.219. The molecule has 0 bridgehead atoms. The van der Waals surface area contributed by atoms with Crippen LogP contribution in [0.5, 0.6) is 0 Å². The fourth-order valence-electron chi connectivity index (χ4n) is 2.89. The number of aromatic nitrogens is 2. The van der Waals surface area contributed by atoms with Crippen molar-refractivity contribution in [3.63, 3.8) is 0 Å². The van der Waals surface area contributed by atoms with Gasteiger partial charge in [0.1, 0.15) is 5.76 Å². The number of anilines is 1. The van der Waals surface area contributed by atoms with Crippen LogP contribution in [0, 0.1) is 20.8 Å². The minimum absolute atomic E-state index is 0.477. The summed E-state index contributed by atoms with van der Waals surface area (Å²) in [4.78, 5) is 9.51. The summed E-state index contributed by atoms with van der Waals surface area (Å²) in [5, 5.41) is 7.32. The summed E-state index contributed by atoms with van der Waals surface area (Å²) < 4.78 is 5.26. The van der Waals surface area contributed by atoms with E-state index in [2.05, 4.69) is 39.2 Å². The fourth-order valence-corrected chi connectivity index (χ4v) is 3.82. The minimum Gasteiger partial charge on any atom is -0.361 e. The van der Waals surface area contributed by atoms with Gasteiger partial charge < -0.3 is 9.42 Å². The van der Waals surface area contributed by atoms with Crippen molar-refractivity contribution < 1.29 is 4.52 Å². The first-order valence-corrected chi connectivity index (χ1v) is 8.25. The molecule has 21 heavy (non-hydrogen) atoms. The van der Waals surface area contributed by atoms with Crippen LogP contribution < -0.4 is 4.90 Å². The maximum atomic E-state index is 5.26. The van der Waals surface area contributed by atoms with Crippen LogP contribution in [-0.4, -0.2) is 40.7 Å². The lowest BCUT2D eigenvalue weighted by Gasteiger charge is -2.39. The summed E-state index contributed by atoms with van der Waals surface area (Å²) in [6, 6.07) is 0.477. The van der Waals surface area contributed by atoms with Gasteiger partial charge in [0.25, 0.3) is 0 Å². The smallest absolute Gasteiger partial charge is 0.185 e. The Morgan fingerprint density at radius 1 is 1.33 bits per heavy atom. The van der Waals surface area contributed by atoms with E-state index in [9.17, 15) is 0 Å². The summed E-state index contributed by atoms with van der Waals surface area (Å²) in [7, 11) is 0. The molecule has 1 fully saturated rings. The zero-order valence-electron chi connectivity index (χ0n) is 13.1. The summed E-state index contributed by atoms with van der Waals surface area (Å²) in [5.74, 6) is 0.943. The van der Waals surface area contributed by atoms with Gasteiger partial charge in [0, 0.05) is 43.2 Å². The highest BCUT2D eigenvalue weighted by Gasteiger charge is 2.26. The van der Waals surface area contributed by atoms with Crippen LogP contribution in [0.3, 0.4) is 0 Å². The van der Waals surface area contributed by atoms with E-state index in [1.807, 2.05) is 13.8 Å². The van der Waals surface area contributed by atoms with Crippen LogP contribution in [0.25, 0.3) is 0 Å². The highest BCUT2D eigenvalue weighted by Crippen LogP contribution is 2.25. The highest BCUT2D eigenvalue weighted by atomic mass is 32.1. The molecule has 2 aromatic heterocycles. The van der Waals surface area contributed by atoms with Crippen LogP contribution in [0.2, 0.25) is 0 Å². The Labute approximate surface area is 129 Å². The van der Waals surface area contributed by atoms with Crippen molar-refractivity contribution in [3.8, 4) is 0 Å². The van der Waals surface area contributed by atoms with Crippen molar-refractivity contribution in [2.75, 3.05) is 24.5 Å². The molecular formula is C15H22N4OS. The number of hydrogen-bond acceptors (Lipinski definition) is 6. The van der Waals surface area contributed by atoms with Gasteiger partial charge in [0.15, 0.2) is 5.13 Å². The van der Waals surface area contributed by atoms with Crippen molar-refractivity contribution in [1.29, 1.82) is 0 Å². The predicted molar refractivity (Wildman–Crippen MR) is 84.9 cm³/mol. The molecule has 0 spiro atoms. The number of rotatable bonds is 3. The van der Waals surface area contributed by atoms with Gasteiger partial charge in [-0.3, -0.25) is 4.90 Å². The maximum absolute atomic E-state index is 5.26. The predicted octanol–water partition coefficient (Wildman–Crippen LogP) is 2.77. The minimum atomic E-state index is 0.477. The zero-order valence-corrected chi connectivity index (χ0v) is 13.9. The van der Waals surface area contributed by atoms with Gasteiger partial charge in [-0.2, -0.15) is 0 Å². The molecule has 6 heteroatoms. The Morgan fingerprint density at radius 2 is 2.14 bits per heavy atom. The SMILES string of the molecule is Cc1csc(N2CCN(Cc3c(C)noc3C)C[C@H]2C)n1. The molecule has 1 atom stereocenters. The van der Waals surface area contributed by atoms with Crippen LogP contribution in [-0.2, 0) is 6.54 Å². The summed E-state index contributed by atoms with van der Waals surface area (Å²) >= 11 is 1.74. The first kappa shape index (κ1) is 14.5. The largest absolute Gasteiger partial charge is 0.361 e. The van der Waals surface area contributed by atoms with Gasteiger partial charge in [0.05, 0.1) is 11.4 Å². The topological polar surface area (TPSA) is 45.4 Å². The molecule has 114 valence electrons. The molecule has 3 heterocycles. The van der Waals surface area contributed by atoms with Crippen molar-refractivity contribution in [2.24, 2.45) is 0 Å². The van der Waals surface area contributed by atoms with Crippen molar-refractivity contribution in [3.05, 3.63) is 28.1 Å². The number of aryl methyl sites for hydroxylation is 3. The van der Waals surface area contributed by atoms with E-state index in [0.29, 0.717) is 6.04 Å². The Bertz CT molecular complexity index is 601. The number of hydrogen-bond donors (Lipinski definition) is 0. The average molecular weight is 306 g/mol. The summed E-state index contributed by atoms with van der Waals surface area (Å²) in [6.07, 6.45) is 0. The second-order valence-corrected chi connectivity index (χ2v) is 6.69. The van der Waals surface area contributed by atoms with Crippen LogP contribution in [0.1, 0.15) is 29.6 Å². The molecule has 1 aliphatic rings. The van der Waals surface area contributed by atoms with E-state index in [1.54, 1.807) is 11.3 Å². The number of piperazine rings is 1. The third-order valence-corrected chi connectivity index (χ3v) is 5.12. The second-order valence-electron chi connectivity index (χ2n) is 5.85. The molecule has 1 aliphatic heterocycles. The van der Waals surface area contributed by atoms with Gasteiger partial charge in [0.2, 0.25) is 0 Å². The van der Waals surface area contributed by atoms with E-state index < -0.39 is 0 Å². The molecule has 5 nitrogen and oxygen atoms in total. The van der Waals surface area contributed by atoms with Crippen molar-refractivity contribution in [1.82, 2.24) is 15.0 Å².